The molecule has 1 aromatic carbocycles. The lowest BCUT2D eigenvalue weighted by Gasteiger charge is -2.40. The van der Waals surface area contributed by atoms with Crippen LogP contribution in [0.5, 0.6) is 0 Å². The summed E-state index contributed by atoms with van der Waals surface area (Å²) in [5.41, 5.74) is 8.65. The first-order valence-corrected chi connectivity index (χ1v) is 6.86. The highest BCUT2D eigenvalue weighted by Gasteiger charge is 2.35. The van der Waals surface area contributed by atoms with Gasteiger partial charge in [-0.15, -0.1) is 0 Å². The van der Waals surface area contributed by atoms with Crippen molar-refractivity contribution < 1.29 is 0 Å². The second-order valence-electron chi connectivity index (χ2n) is 5.48. The van der Waals surface area contributed by atoms with Gasteiger partial charge in [0.2, 0.25) is 0 Å². The summed E-state index contributed by atoms with van der Waals surface area (Å²) < 4.78 is 0. The SMILES string of the molecule is N#Cc1ccc(N2CCCC3CCCC32)c(N)c1. The molecule has 0 bridgehead atoms. The van der Waals surface area contributed by atoms with Crippen LogP contribution in [0.1, 0.15) is 37.7 Å². The first-order chi connectivity index (χ1) is 8.79. The van der Waals surface area contributed by atoms with Crippen molar-refractivity contribution in [2.24, 2.45) is 5.92 Å². The van der Waals surface area contributed by atoms with Gasteiger partial charge >= 0.3 is 0 Å². The van der Waals surface area contributed by atoms with E-state index >= 15 is 0 Å². The largest absolute Gasteiger partial charge is 0.397 e. The van der Waals surface area contributed by atoms with Crippen molar-refractivity contribution in [3.8, 4) is 6.07 Å². The molecule has 3 heteroatoms. The smallest absolute Gasteiger partial charge is 0.0992 e. The maximum atomic E-state index is 8.89. The maximum absolute atomic E-state index is 8.89. The molecule has 94 valence electrons. The molecule has 1 saturated heterocycles. The molecule has 18 heavy (non-hydrogen) atoms. The van der Waals surface area contributed by atoms with Crippen molar-refractivity contribution in [1.29, 1.82) is 5.26 Å². The maximum Gasteiger partial charge on any atom is 0.0992 e. The molecule has 1 aliphatic carbocycles. The zero-order chi connectivity index (χ0) is 12.5. The number of nitrogens with zero attached hydrogens (tertiary/aromatic N) is 2. The third kappa shape index (κ3) is 1.82. The van der Waals surface area contributed by atoms with Crippen LogP contribution in [0.3, 0.4) is 0 Å². The topological polar surface area (TPSA) is 53.0 Å². The summed E-state index contributed by atoms with van der Waals surface area (Å²) in [4.78, 5) is 2.48. The molecule has 1 aromatic rings. The van der Waals surface area contributed by atoms with Crippen LogP contribution in [0.25, 0.3) is 0 Å². The van der Waals surface area contributed by atoms with Crippen molar-refractivity contribution in [1.82, 2.24) is 0 Å². The standard InChI is InChI=1S/C15H19N3/c16-10-11-6-7-15(13(17)9-11)18-8-2-4-12-3-1-5-14(12)18/h6-7,9,12,14H,1-5,8,17H2. The number of hydrogen-bond donors (Lipinski definition) is 1. The highest BCUT2D eigenvalue weighted by molar-refractivity contribution is 5.70. The van der Waals surface area contributed by atoms with Gasteiger partial charge in [-0.1, -0.05) is 6.42 Å². The van der Waals surface area contributed by atoms with Gasteiger partial charge in [-0.25, -0.2) is 0 Å². The molecule has 2 aliphatic rings. The number of nitriles is 1. The zero-order valence-electron chi connectivity index (χ0n) is 10.6. The van der Waals surface area contributed by atoms with Gasteiger partial charge in [0.1, 0.15) is 0 Å². The lowest BCUT2D eigenvalue weighted by atomic mass is 9.91. The van der Waals surface area contributed by atoms with E-state index < -0.39 is 0 Å². The Hall–Kier alpha value is -1.69. The Morgan fingerprint density at radius 3 is 2.83 bits per heavy atom. The van der Waals surface area contributed by atoms with Crippen LogP contribution in [0, 0.1) is 17.2 Å². The first-order valence-electron chi connectivity index (χ1n) is 6.86. The van der Waals surface area contributed by atoms with Gasteiger partial charge in [0.05, 0.1) is 23.0 Å². The molecule has 0 radical (unpaired) electrons. The van der Waals surface area contributed by atoms with E-state index in [-0.39, 0.29) is 0 Å². The normalized spacial score (nSPS) is 26.7. The first kappa shape index (κ1) is 11.4. The van der Waals surface area contributed by atoms with E-state index in [1.807, 2.05) is 12.1 Å². The number of anilines is 2. The summed E-state index contributed by atoms with van der Waals surface area (Å²) in [7, 11) is 0. The van der Waals surface area contributed by atoms with Crippen LogP contribution in [-0.2, 0) is 0 Å². The van der Waals surface area contributed by atoms with Crippen molar-refractivity contribution in [3.05, 3.63) is 23.8 Å². The predicted molar refractivity (Wildman–Crippen MR) is 73.3 cm³/mol. The summed E-state index contributed by atoms with van der Waals surface area (Å²) in [6.45, 7) is 1.11. The van der Waals surface area contributed by atoms with E-state index in [4.69, 9.17) is 11.0 Å². The molecular formula is C15H19N3. The molecule has 3 nitrogen and oxygen atoms in total. The number of nitrogen functional groups attached to an aromatic ring is 1. The molecule has 1 heterocycles. The van der Waals surface area contributed by atoms with E-state index in [1.165, 1.54) is 32.1 Å². The van der Waals surface area contributed by atoms with Gasteiger partial charge in [0.15, 0.2) is 0 Å². The average Bonchev–Trinajstić information content (AvgIpc) is 2.87. The van der Waals surface area contributed by atoms with E-state index in [9.17, 15) is 0 Å². The Bertz CT molecular complexity index is 489. The summed E-state index contributed by atoms with van der Waals surface area (Å²) in [6.07, 6.45) is 6.65. The van der Waals surface area contributed by atoms with Crippen molar-refractivity contribution >= 4 is 11.4 Å². The molecule has 1 aliphatic heterocycles. The monoisotopic (exact) mass is 241 g/mol. The van der Waals surface area contributed by atoms with Gasteiger partial charge in [-0.3, -0.25) is 0 Å². The lowest BCUT2D eigenvalue weighted by Crippen LogP contribution is -2.42. The molecular weight excluding hydrogens is 222 g/mol. The Morgan fingerprint density at radius 1 is 1.22 bits per heavy atom. The van der Waals surface area contributed by atoms with Crippen molar-refractivity contribution in [3.63, 3.8) is 0 Å². The van der Waals surface area contributed by atoms with Crippen LogP contribution in [0.15, 0.2) is 18.2 Å². The minimum Gasteiger partial charge on any atom is -0.397 e. The minimum absolute atomic E-state index is 0.649. The van der Waals surface area contributed by atoms with Crippen LogP contribution in [-0.4, -0.2) is 12.6 Å². The Balaban J connectivity index is 1.92. The summed E-state index contributed by atoms with van der Waals surface area (Å²) >= 11 is 0. The number of hydrogen-bond acceptors (Lipinski definition) is 3. The number of rotatable bonds is 1. The minimum atomic E-state index is 0.649. The van der Waals surface area contributed by atoms with E-state index in [0.29, 0.717) is 11.6 Å². The summed E-state index contributed by atoms with van der Waals surface area (Å²) in [5.74, 6) is 0.855. The van der Waals surface area contributed by atoms with Crippen molar-refractivity contribution in [2.75, 3.05) is 17.2 Å². The third-order valence-corrected chi connectivity index (χ3v) is 4.46. The van der Waals surface area contributed by atoms with Gasteiger partial charge in [0, 0.05) is 12.6 Å². The molecule has 0 spiro atoms. The Morgan fingerprint density at radius 2 is 2.06 bits per heavy atom. The lowest BCUT2D eigenvalue weighted by molar-refractivity contribution is 0.363. The highest BCUT2D eigenvalue weighted by atomic mass is 15.2. The van der Waals surface area contributed by atoms with Gasteiger partial charge in [-0.2, -0.15) is 5.26 Å². The molecule has 2 N–H and O–H groups in total. The fourth-order valence-electron chi connectivity index (χ4n) is 3.64. The van der Waals surface area contributed by atoms with Crippen LogP contribution in [0.4, 0.5) is 11.4 Å². The number of piperidine rings is 1. The van der Waals surface area contributed by atoms with E-state index in [0.717, 1.165) is 23.8 Å². The molecule has 2 atom stereocenters. The summed E-state index contributed by atoms with van der Waals surface area (Å²) in [5, 5.41) is 8.89. The molecule has 0 aromatic heterocycles. The van der Waals surface area contributed by atoms with Gasteiger partial charge in [0.25, 0.3) is 0 Å². The van der Waals surface area contributed by atoms with Crippen molar-refractivity contribution in [2.45, 2.75) is 38.1 Å². The number of benzene rings is 1. The predicted octanol–water partition coefficient (Wildman–Crippen LogP) is 2.91. The molecule has 1 saturated carbocycles. The van der Waals surface area contributed by atoms with Gasteiger partial charge in [-0.05, 0) is 49.8 Å². The fraction of sp³-hybridized carbons (Fsp3) is 0.533. The Kier molecular flexibility index (Phi) is 2.87. The number of fused-ring (bicyclic) bond motifs is 1. The van der Waals surface area contributed by atoms with E-state index in [2.05, 4.69) is 11.0 Å². The third-order valence-electron chi connectivity index (χ3n) is 4.46. The second-order valence-corrected chi connectivity index (χ2v) is 5.48. The molecule has 0 amide bonds. The van der Waals surface area contributed by atoms with Crippen LogP contribution >= 0.6 is 0 Å². The van der Waals surface area contributed by atoms with E-state index in [1.54, 1.807) is 6.07 Å². The summed E-state index contributed by atoms with van der Waals surface area (Å²) in [6, 6.07) is 8.52. The molecule has 2 unspecified atom stereocenters. The van der Waals surface area contributed by atoms with Crippen LogP contribution in [0.2, 0.25) is 0 Å². The second kappa shape index (κ2) is 4.53. The average molecular weight is 241 g/mol. The van der Waals surface area contributed by atoms with Gasteiger partial charge < -0.3 is 10.6 Å². The Labute approximate surface area is 108 Å². The quantitative estimate of drug-likeness (QED) is 0.769. The number of nitrogens with two attached hydrogens (primary N) is 1. The molecule has 3 rings (SSSR count). The van der Waals surface area contributed by atoms with Crippen LogP contribution < -0.4 is 10.6 Å². The zero-order valence-corrected chi connectivity index (χ0v) is 10.6. The fourth-order valence-corrected chi connectivity index (χ4v) is 3.64. The highest BCUT2D eigenvalue weighted by Crippen LogP contribution is 2.40. The molecule has 2 fully saturated rings.